The van der Waals surface area contributed by atoms with E-state index in [0.29, 0.717) is 0 Å². The summed E-state index contributed by atoms with van der Waals surface area (Å²) < 4.78 is 5.56. The molecule has 1 aliphatic rings. The van der Waals surface area contributed by atoms with E-state index in [0.717, 1.165) is 12.3 Å². The summed E-state index contributed by atoms with van der Waals surface area (Å²) in [5, 5.41) is 0. The number of hydrogen-bond acceptors (Lipinski definition) is 2. The molecule has 2 heteroatoms. The highest BCUT2D eigenvalue weighted by atomic mass is 16.5. The van der Waals surface area contributed by atoms with Gasteiger partial charge in [-0.25, -0.2) is 0 Å². The summed E-state index contributed by atoms with van der Waals surface area (Å²) in [7, 11) is 1.76. The summed E-state index contributed by atoms with van der Waals surface area (Å²) in [6, 6.07) is 4.23. The van der Waals surface area contributed by atoms with E-state index in [1.54, 1.807) is 7.11 Å². The minimum absolute atomic E-state index is 0.154. The lowest BCUT2D eigenvalue weighted by Gasteiger charge is -2.32. The van der Waals surface area contributed by atoms with E-state index in [4.69, 9.17) is 10.5 Å². The smallest absolute Gasteiger partial charge is 0.122 e. The summed E-state index contributed by atoms with van der Waals surface area (Å²) in [5.74, 6) is 1.01. The molecule has 1 saturated carbocycles. The van der Waals surface area contributed by atoms with Crippen LogP contribution in [-0.4, -0.2) is 13.7 Å². The van der Waals surface area contributed by atoms with Crippen LogP contribution >= 0.6 is 0 Å². The summed E-state index contributed by atoms with van der Waals surface area (Å²) in [5.41, 5.74) is 10.3. The molecule has 0 radical (unpaired) electrons. The molecule has 0 amide bonds. The number of ether oxygens (including phenoxy) is 1. The second-order valence-electron chi connectivity index (χ2n) is 5.28. The molecule has 2 N–H and O–H groups in total. The minimum atomic E-state index is 0.154. The fraction of sp³-hybridized carbons (Fsp3) is 0.600. The first-order valence-corrected chi connectivity index (χ1v) is 6.49. The van der Waals surface area contributed by atoms with Crippen LogP contribution in [-0.2, 0) is 5.41 Å². The molecule has 0 aromatic heterocycles. The van der Waals surface area contributed by atoms with Crippen molar-refractivity contribution in [2.24, 2.45) is 5.73 Å². The third-order valence-electron chi connectivity index (χ3n) is 4.40. The Morgan fingerprint density at radius 1 is 1.24 bits per heavy atom. The fourth-order valence-corrected chi connectivity index (χ4v) is 3.23. The minimum Gasteiger partial charge on any atom is -0.496 e. The molecule has 0 atom stereocenters. The second-order valence-corrected chi connectivity index (χ2v) is 5.28. The van der Waals surface area contributed by atoms with E-state index in [1.165, 1.54) is 42.4 Å². The molecule has 0 unspecified atom stereocenters. The first-order chi connectivity index (χ1) is 8.14. The lowest BCUT2D eigenvalue weighted by atomic mass is 9.75. The van der Waals surface area contributed by atoms with Crippen LogP contribution < -0.4 is 10.5 Å². The molecular formula is C15H23NO. The molecule has 94 valence electrons. The maximum Gasteiger partial charge on any atom is 0.122 e. The quantitative estimate of drug-likeness (QED) is 0.870. The topological polar surface area (TPSA) is 35.2 Å². The van der Waals surface area contributed by atoms with Crippen molar-refractivity contribution in [1.29, 1.82) is 0 Å². The highest BCUT2D eigenvalue weighted by molar-refractivity contribution is 5.49. The maximum atomic E-state index is 6.09. The Morgan fingerprint density at radius 3 is 2.41 bits per heavy atom. The normalized spacial score (nSPS) is 18.4. The molecule has 0 heterocycles. The lowest BCUT2D eigenvalue weighted by molar-refractivity contribution is 0.376. The molecule has 1 aromatic rings. The summed E-state index contributed by atoms with van der Waals surface area (Å²) in [6.45, 7) is 5.09. The van der Waals surface area contributed by atoms with Crippen LogP contribution in [0.15, 0.2) is 12.1 Å². The van der Waals surface area contributed by atoms with Gasteiger partial charge in [0.05, 0.1) is 7.11 Å². The van der Waals surface area contributed by atoms with Crippen LogP contribution in [0.1, 0.15) is 42.4 Å². The van der Waals surface area contributed by atoms with E-state index in [2.05, 4.69) is 26.0 Å². The number of rotatable bonds is 3. The predicted molar refractivity (Wildman–Crippen MR) is 71.7 cm³/mol. The van der Waals surface area contributed by atoms with Gasteiger partial charge in [0.25, 0.3) is 0 Å². The Kier molecular flexibility index (Phi) is 3.43. The van der Waals surface area contributed by atoms with Crippen LogP contribution in [0.4, 0.5) is 0 Å². The Labute approximate surface area is 104 Å². The van der Waals surface area contributed by atoms with E-state index < -0.39 is 0 Å². The Morgan fingerprint density at radius 2 is 1.88 bits per heavy atom. The van der Waals surface area contributed by atoms with Crippen LogP contribution in [0.5, 0.6) is 5.75 Å². The molecule has 0 spiro atoms. The zero-order chi connectivity index (χ0) is 12.5. The van der Waals surface area contributed by atoms with Gasteiger partial charge in [-0.3, -0.25) is 0 Å². The van der Waals surface area contributed by atoms with Gasteiger partial charge in [0.2, 0.25) is 0 Å². The van der Waals surface area contributed by atoms with Gasteiger partial charge in [-0.2, -0.15) is 0 Å². The van der Waals surface area contributed by atoms with Gasteiger partial charge < -0.3 is 10.5 Å². The standard InChI is InChI=1S/C15H23NO/c1-11-6-7-13(17-3)14(12(11)2)15(10-16)8-4-5-9-15/h6-7H,4-5,8-10,16H2,1-3H3. The number of hydrogen-bond donors (Lipinski definition) is 1. The molecule has 1 aromatic carbocycles. The Hall–Kier alpha value is -1.02. The summed E-state index contributed by atoms with van der Waals surface area (Å²) >= 11 is 0. The molecule has 1 aliphatic carbocycles. The average Bonchev–Trinajstić information content (AvgIpc) is 2.82. The van der Waals surface area contributed by atoms with Gasteiger partial charge in [-0.15, -0.1) is 0 Å². The molecule has 0 bridgehead atoms. The van der Waals surface area contributed by atoms with Gasteiger partial charge >= 0.3 is 0 Å². The summed E-state index contributed by atoms with van der Waals surface area (Å²) in [6.07, 6.45) is 4.97. The lowest BCUT2D eigenvalue weighted by Crippen LogP contribution is -2.33. The van der Waals surface area contributed by atoms with Gasteiger partial charge in [-0.05, 0) is 43.9 Å². The molecule has 1 fully saturated rings. The number of nitrogens with two attached hydrogens (primary N) is 1. The van der Waals surface area contributed by atoms with Crippen LogP contribution in [0.25, 0.3) is 0 Å². The van der Waals surface area contributed by atoms with Crippen LogP contribution in [0.3, 0.4) is 0 Å². The van der Waals surface area contributed by atoms with Crippen molar-refractivity contribution in [2.45, 2.75) is 44.9 Å². The number of aryl methyl sites for hydroxylation is 1. The monoisotopic (exact) mass is 233 g/mol. The second kappa shape index (κ2) is 4.69. The predicted octanol–water partition coefficient (Wildman–Crippen LogP) is 3.08. The van der Waals surface area contributed by atoms with Crippen molar-refractivity contribution in [2.75, 3.05) is 13.7 Å². The molecule has 0 aliphatic heterocycles. The fourth-order valence-electron chi connectivity index (χ4n) is 3.23. The zero-order valence-electron chi connectivity index (χ0n) is 11.2. The van der Waals surface area contributed by atoms with Crippen molar-refractivity contribution in [3.8, 4) is 5.75 Å². The van der Waals surface area contributed by atoms with E-state index in [1.807, 2.05) is 0 Å². The first kappa shape index (κ1) is 12.4. The molecule has 2 nitrogen and oxygen atoms in total. The highest BCUT2D eigenvalue weighted by Gasteiger charge is 2.37. The van der Waals surface area contributed by atoms with Gasteiger partial charge in [-0.1, -0.05) is 18.9 Å². The molecule has 17 heavy (non-hydrogen) atoms. The zero-order valence-corrected chi connectivity index (χ0v) is 11.2. The highest BCUT2D eigenvalue weighted by Crippen LogP contribution is 2.46. The third kappa shape index (κ3) is 1.95. The van der Waals surface area contributed by atoms with Gasteiger partial charge in [0.1, 0.15) is 5.75 Å². The van der Waals surface area contributed by atoms with Crippen molar-refractivity contribution < 1.29 is 4.74 Å². The molecule has 2 rings (SSSR count). The van der Waals surface area contributed by atoms with Gasteiger partial charge in [0.15, 0.2) is 0 Å². The van der Waals surface area contributed by atoms with E-state index in [9.17, 15) is 0 Å². The summed E-state index contributed by atoms with van der Waals surface area (Å²) in [4.78, 5) is 0. The van der Waals surface area contributed by atoms with Crippen molar-refractivity contribution in [3.63, 3.8) is 0 Å². The first-order valence-electron chi connectivity index (χ1n) is 6.49. The van der Waals surface area contributed by atoms with E-state index in [-0.39, 0.29) is 5.41 Å². The van der Waals surface area contributed by atoms with Crippen molar-refractivity contribution in [3.05, 3.63) is 28.8 Å². The Bertz CT molecular complexity index is 406. The SMILES string of the molecule is COc1ccc(C)c(C)c1C1(CN)CCCC1. The van der Waals surface area contributed by atoms with Crippen molar-refractivity contribution in [1.82, 2.24) is 0 Å². The molecular weight excluding hydrogens is 210 g/mol. The maximum absolute atomic E-state index is 6.09. The van der Waals surface area contributed by atoms with Crippen molar-refractivity contribution >= 4 is 0 Å². The largest absolute Gasteiger partial charge is 0.496 e. The van der Waals surface area contributed by atoms with Gasteiger partial charge in [0, 0.05) is 17.5 Å². The van der Waals surface area contributed by atoms with Crippen LogP contribution in [0, 0.1) is 13.8 Å². The van der Waals surface area contributed by atoms with E-state index >= 15 is 0 Å². The van der Waals surface area contributed by atoms with Crippen LogP contribution in [0.2, 0.25) is 0 Å². The average molecular weight is 233 g/mol. The number of benzene rings is 1. The third-order valence-corrected chi connectivity index (χ3v) is 4.40. The Balaban J connectivity index is 2.59. The molecule has 0 saturated heterocycles. The number of methoxy groups -OCH3 is 1.